The molecule has 4 nitrogen and oxygen atoms in total. The van der Waals surface area contributed by atoms with Crippen molar-refractivity contribution in [1.29, 1.82) is 0 Å². The first-order valence-corrected chi connectivity index (χ1v) is 2.89. The summed E-state index contributed by atoms with van der Waals surface area (Å²) in [7, 11) is 6.00. The number of hydrogen-bond donors (Lipinski definition) is 0. The number of aromatic nitrogens is 3. The second kappa shape index (κ2) is 6.10. The highest BCUT2D eigenvalue weighted by atomic mass is 15.0. The largest absolute Gasteiger partial charge is 0.312 e. The lowest BCUT2D eigenvalue weighted by molar-refractivity contribution is 0.505. The maximum absolute atomic E-state index is 3.56. The van der Waals surface area contributed by atoms with Crippen LogP contribution in [0, 0.1) is 0 Å². The molecule has 0 atom stereocenters. The van der Waals surface area contributed by atoms with Gasteiger partial charge in [0.15, 0.2) is 0 Å². The zero-order valence-electron chi connectivity index (χ0n) is 6.52. The summed E-state index contributed by atoms with van der Waals surface area (Å²) in [5, 5.41) is 0. The summed E-state index contributed by atoms with van der Waals surface area (Å²) in [5.74, 6) is 0. The summed E-state index contributed by atoms with van der Waals surface area (Å²) >= 11 is 0. The monoisotopic (exact) mass is 140 g/mol. The topological polar surface area (TPSA) is 41.9 Å². The normalized spacial score (nSPS) is 8.40. The predicted molar refractivity (Wildman–Crippen MR) is 39.4 cm³/mol. The van der Waals surface area contributed by atoms with Gasteiger partial charge in [0.25, 0.3) is 0 Å². The second-order valence-electron chi connectivity index (χ2n) is 2.14. The van der Waals surface area contributed by atoms with Gasteiger partial charge in [0.1, 0.15) is 19.0 Å². The van der Waals surface area contributed by atoms with Crippen LogP contribution in [0.1, 0.15) is 0 Å². The molecule has 0 fully saturated rings. The summed E-state index contributed by atoms with van der Waals surface area (Å²) in [4.78, 5) is 12.7. The minimum atomic E-state index is 1.44. The Kier molecular flexibility index (Phi) is 5.47. The third-order valence-corrected chi connectivity index (χ3v) is 0.400. The van der Waals surface area contributed by atoms with Gasteiger partial charge in [0.05, 0.1) is 0 Å². The van der Waals surface area contributed by atoms with E-state index in [4.69, 9.17) is 0 Å². The minimum Gasteiger partial charge on any atom is -0.312 e. The van der Waals surface area contributed by atoms with Crippen molar-refractivity contribution in [2.75, 3.05) is 21.1 Å². The third kappa shape index (κ3) is 10.1. The molecule has 0 aliphatic carbocycles. The van der Waals surface area contributed by atoms with Crippen molar-refractivity contribution in [3.8, 4) is 0 Å². The van der Waals surface area contributed by atoms with E-state index in [2.05, 4.69) is 15.0 Å². The lowest BCUT2D eigenvalue weighted by atomic mass is 11.0. The van der Waals surface area contributed by atoms with E-state index in [0.29, 0.717) is 0 Å². The number of hydrogen-bond acceptors (Lipinski definition) is 4. The number of nitrogens with zero attached hydrogens (tertiary/aromatic N) is 4. The molecule has 1 aromatic heterocycles. The van der Waals surface area contributed by atoms with Crippen LogP contribution in [0.15, 0.2) is 19.0 Å². The Labute approximate surface area is 61.0 Å². The molecule has 1 aromatic rings. The summed E-state index contributed by atoms with van der Waals surface area (Å²) in [6.07, 6.45) is 4.31. The van der Waals surface area contributed by atoms with Gasteiger partial charge < -0.3 is 4.90 Å². The molecule has 0 radical (unpaired) electrons. The van der Waals surface area contributed by atoms with E-state index in [9.17, 15) is 0 Å². The van der Waals surface area contributed by atoms with Gasteiger partial charge in [0, 0.05) is 0 Å². The van der Waals surface area contributed by atoms with Crippen molar-refractivity contribution in [2.24, 2.45) is 0 Å². The maximum atomic E-state index is 3.56. The van der Waals surface area contributed by atoms with Crippen LogP contribution in [-0.4, -0.2) is 41.0 Å². The average Bonchev–Trinajstić information content (AvgIpc) is 1.90. The van der Waals surface area contributed by atoms with Crippen molar-refractivity contribution in [1.82, 2.24) is 19.9 Å². The summed E-state index contributed by atoms with van der Waals surface area (Å²) in [6.45, 7) is 0. The smallest absolute Gasteiger partial charge is 0.119 e. The molecule has 0 amide bonds. The minimum absolute atomic E-state index is 1.44. The highest BCUT2D eigenvalue weighted by molar-refractivity contribution is 4.51. The van der Waals surface area contributed by atoms with Crippen LogP contribution in [0.3, 0.4) is 0 Å². The standard InChI is InChI=1S/C3H3N3.C3H9N/c1-4-2-6-3-5-1;1-4(2)3/h1-3H;1-3H3. The van der Waals surface area contributed by atoms with Crippen molar-refractivity contribution >= 4 is 0 Å². The summed E-state index contributed by atoms with van der Waals surface area (Å²) in [5.41, 5.74) is 0. The van der Waals surface area contributed by atoms with E-state index < -0.39 is 0 Å². The van der Waals surface area contributed by atoms with E-state index in [1.54, 1.807) is 0 Å². The first kappa shape index (κ1) is 8.97. The van der Waals surface area contributed by atoms with Crippen LogP contribution in [0.2, 0.25) is 0 Å². The molecule has 0 aromatic carbocycles. The van der Waals surface area contributed by atoms with E-state index in [0.717, 1.165) is 0 Å². The molecule has 10 heavy (non-hydrogen) atoms. The first-order valence-electron chi connectivity index (χ1n) is 2.89. The second-order valence-corrected chi connectivity index (χ2v) is 2.14. The van der Waals surface area contributed by atoms with Crippen molar-refractivity contribution in [3.05, 3.63) is 19.0 Å². The van der Waals surface area contributed by atoms with Gasteiger partial charge in [-0.1, -0.05) is 0 Å². The molecular weight excluding hydrogens is 128 g/mol. The molecule has 0 aliphatic rings. The Balaban J connectivity index is 0.000000180. The third-order valence-electron chi connectivity index (χ3n) is 0.400. The SMILES string of the molecule is CN(C)C.c1ncncn1. The zero-order valence-corrected chi connectivity index (χ0v) is 6.52. The molecule has 1 rings (SSSR count). The van der Waals surface area contributed by atoms with Crippen molar-refractivity contribution < 1.29 is 0 Å². The molecule has 0 aliphatic heterocycles. The van der Waals surface area contributed by atoms with Crippen molar-refractivity contribution in [2.45, 2.75) is 0 Å². The number of rotatable bonds is 0. The van der Waals surface area contributed by atoms with Crippen LogP contribution < -0.4 is 0 Å². The predicted octanol–water partition coefficient (Wildman–Crippen LogP) is 0.0494. The van der Waals surface area contributed by atoms with E-state index >= 15 is 0 Å². The maximum Gasteiger partial charge on any atom is 0.119 e. The molecule has 0 saturated carbocycles. The fourth-order valence-corrected chi connectivity index (χ4v) is 0.205. The van der Waals surface area contributed by atoms with E-state index in [1.165, 1.54) is 19.0 Å². The Bertz CT molecular complexity index is 110. The molecule has 56 valence electrons. The van der Waals surface area contributed by atoms with Crippen LogP contribution in [0.5, 0.6) is 0 Å². The van der Waals surface area contributed by atoms with Gasteiger partial charge in [-0.15, -0.1) is 0 Å². The zero-order chi connectivity index (χ0) is 7.82. The van der Waals surface area contributed by atoms with Gasteiger partial charge in [-0.25, -0.2) is 15.0 Å². The van der Waals surface area contributed by atoms with Gasteiger partial charge in [-0.05, 0) is 21.1 Å². The molecule has 0 spiro atoms. The molecule has 0 unspecified atom stereocenters. The van der Waals surface area contributed by atoms with Gasteiger partial charge >= 0.3 is 0 Å². The van der Waals surface area contributed by atoms with Crippen LogP contribution in [0.25, 0.3) is 0 Å². The molecule has 0 bridgehead atoms. The summed E-state index contributed by atoms with van der Waals surface area (Å²) < 4.78 is 0. The highest BCUT2D eigenvalue weighted by Crippen LogP contribution is 1.57. The highest BCUT2D eigenvalue weighted by Gasteiger charge is 1.59. The average molecular weight is 140 g/mol. The van der Waals surface area contributed by atoms with Gasteiger partial charge in [-0.3, -0.25) is 0 Å². The van der Waals surface area contributed by atoms with E-state index in [1.807, 2.05) is 26.0 Å². The fraction of sp³-hybridized carbons (Fsp3) is 0.500. The lowest BCUT2D eigenvalue weighted by Crippen LogP contribution is -1.99. The Hall–Kier alpha value is -1.03. The quantitative estimate of drug-likeness (QED) is 0.510. The molecular formula is C6H12N4. The Morgan fingerprint density at radius 3 is 1.10 bits per heavy atom. The van der Waals surface area contributed by atoms with Crippen LogP contribution >= 0.6 is 0 Å². The van der Waals surface area contributed by atoms with Gasteiger partial charge in [-0.2, -0.15) is 0 Å². The van der Waals surface area contributed by atoms with Gasteiger partial charge in [0.2, 0.25) is 0 Å². The van der Waals surface area contributed by atoms with Crippen LogP contribution in [0.4, 0.5) is 0 Å². The molecule has 0 saturated heterocycles. The molecule has 4 heteroatoms. The van der Waals surface area contributed by atoms with E-state index in [-0.39, 0.29) is 0 Å². The Morgan fingerprint density at radius 1 is 0.800 bits per heavy atom. The lowest BCUT2D eigenvalue weighted by Gasteiger charge is -1.90. The fourth-order valence-electron chi connectivity index (χ4n) is 0.205. The molecule has 0 N–H and O–H groups in total. The van der Waals surface area contributed by atoms with Crippen LogP contribution in [-0.2, 0) is 0 Å². The first-order chi connectivity index (χ1) is 4.73. The Morgan fingerprint density at radius 2 is 1.00 bits per heavy atom. The van der Waals surface area contributed by atoms with Crippen molar-refractivity contribution in [3.63, 3.8) is 0 Å². The molecule has 1 heterocycles. The summed E-state index contributed by atoms with van der Waals surface area (Å²) in [6, 6.07) is 0.